The zero-order valence-corrected chi connectivity index (χ0v) is 14.9. The normalized spacial score (nSPS) is 21.5. The highest BCUT2D eigenvalue weighted by Gasteiger charge is 2.36. The van der Waals surface area contributed by atoms with Gasteiger partial charge in [-0.05, 0) is 67.7 Å². The highest BCUT2D eigenvalue weighted by atomic mass is 15.2. The van der Waals surface area contributed by atoms with Gasteiger partial charge < -0.3 is 10.6 Å². The number of aryl methyl sites for hydroxylation is 1. The molecule has 2 aliphatic rings. The summed E-state index contributed by atoms with van der Waals surface area (Å²) in [5.74, 6) is 0.804. The quantitative estimate of drug-likeness (QED) is 0.818. The third-order valence-electron chi connectivity index (χ3n) is 6.10. The van der Waals surface area contributed by atoms with Gasteiger partial charge in [-0.3, -0.25) is 0 Å². The highest BCUT2D eigenvalue weighted by molar-refractivity contribution is 6.08. The number of nitrogens with two attached hydrogens (primary N) is 1. The van der Waals surface area contributed by atoms with Gasteiger partial charge in [-0.15, -0.1) is 0 Å². The molecule has 2 nitrogen and oxygen atoms in total. The lowest BCUT2D eigenvalue weighted by Crippen LogP contribution is -2.56. The Balaban J connectivity index is 1.53. The lowest BCUT2D eigenvalue weighted by atomic mass is 9.85. The molecule has 0 unspecified atom stereocenters. The number of benzene rings is 1. The molecule has 0 spiro atoms. The van der Waals surface area contributed by atoms with Crippen LogP contribution in [0.25, 0.3) is 0 Å². The number of hydrogen-bond donors (Lipinski definition) is 1. The lowest BCUT2D eigenvalue weighted by molar-refractivity contribution is 0.0740. The molecule has 0 amide bonds. The van der Waals surface area contributed by atoms with Crippen molar-refractivity contribution in [2.75, 3.05) is 19.6 Å². The Labute approximate surface area is 143 Å². The third-order valence-corrected chi connectivity index (χ3v) is 6.10. The van der Waals surface area contributed by atoms with Gasteiger partial charge in [0.15, 0.2) is 0 Å². The molecule has 2 N–H and O–H groups in total. The van der Waals surface area contributed by atoms with Crippen molar-refractivity contribution < 1.29 is 0 Å². The summed E-state index contributed by atoms with van der Waals surface area (Å²) in [4.78, 5) is 2.57. The molecule has 2 fully saturated rings. The molecule has 3 heteroatoms. The molecule has 0 atom stereocenters. The van der Waals surface area contributed by atoms with E-state index in [9.17, 15) is 0 Å². The molecule has 0 bridgehead atoms. The Morgan fingerprint density at radius 2 is 1.74 bits per heavy atom. The van der Waals surface area contributed by atoms with Crippen LogP contribution in [0.1, 0.15) is 47.9 Å². The minimum absolute atomic E-state index is 0.112. The van der Waals surface area contributed by atoms with Crippen molar-refractivity contribution in [1.29, 1.82) is 0 Å². The number of hydrogen-bond acceptors (Lipinski definition) is 2. The van der Waals surface area contributed by atoms with Crippen LogP contribution < -0.4 is 5.73 Å². The van der Waals surface area contributed by atoms with E-state index in [4.69, 9.17) is 13.6 Å². The van der Waals surface area contributed by atoms with E-state index in [1.54, 1.807) is 0 Å². The van der Waals surface area contributed by atoms with Gasteiger partial charge >= 0.3 is 0 Å². The molecule has 1 aliphatic heterocycles. The standard InChI is InChI=1S/C20H31BN2/c1-15-16(2)19(6-5-18(15)7-10-21)11-17-12-23(13-17)14-20(22)8-3-4-9-20/h5-6,17H,3-4,7-14,22H2,1-2H3. The van der Waals surface area contributed by atoms with Crippen LogP contribution >= 0.6 is 0 Å². The van der Waals surface area contributed by atoms with Gasteiger partial charge in [0.05, 0.1) is 7.85 Å². The van der Waals surface area contributed by atoms with Crippen molar-refractivity contribution >= 4 is 7.85 Å². The molecule has 2 radical (unpaired) electrons. The summed E-state index contributed by atoms with van der Waals surface area (Å²) in [7, 11) is 5.71. The van der Waals surface area contributed by atoms with Gasteiger partial charge in [0.25, 0.3) is 0 Å². The van der Waals surface area contributed by atoms with E-state index in [1.807, 2.05) is 0 Å². The molecule has 1 aromatic rings. The fraction of sp³-hybridized carbons (Fsp3) is 0.700. The first-order valence-electron chi connectivity index (χ1n) is 9.30. The zero-order chi connectivity index (χ0) is 16.4. The Morgan fingerprint density at radius 3 is 2.39 bits per heavy atom. The smallest absolute Gasteiger partial charge is 0.0657 e. The SMILES string of the molecule is [B]CCc1ccc(CC2CN(CC3(N)CCCC3)C2)c(C)c1C. The largest absolute Gasteiger partial charge is 0.324 e. The minimum atomic E-state index is 0.112. The van der Waals surface area contributed by atoms with Gasteiger partial charge in [-0.1, -0.05) is 31.3 Å². The predicted molar refractivity (Wildman–Crippen MR) is 99.2 cm³/mol. The maximum absolute atomic E-state index is 6.50. The van der Waals surface area contributed by atoms with Crippen LogP contribution in [0.5, 0.6) is 0 Å². The van der Waals surface area contributed by atoms with Gasteiger partial charge in [0.1, 0.15) is 0 Å². The summed E-state index contributed by atoms with van der Waals surface area (Å²) in [6, 6.07) is 4.62. The molecule has 1 aliphatic carbocycles. The third kappa shape index (κ3) is 3.83. The van der Waals surface area contributed by atoms with E-state index in [2.05, 4.69) is 30.9 Å². The van der Waals surface area contributed by atoms with Crippen LogP contribution in [0.2, 0.25) is 6.32 Å². The monoisotopic (exact) mass is 310 g/mol. The number of nitrogens with zero attached hydrogens (tertiary/aromatic N) is 1. The summed E-state index contributed by atoms with van der Waals surface area (Å²) >= 11 is 0. The van der Waals surface area contributed by atoms with Gasteiger partial charge in [-0.25, -0.2) is 0 Å². The van der Waals surface area contributed by atoms with Gasteiger partial charge in [-0.2, -0.15) is 0 Å². The lowest BCUT2D eigenvalue weighted by Gasteiger charge is -2.43. The first-order valence-corrected chi connectivity index (χ1v) is 9.30. The van der Waals surface area contributed by atoms with Crippen LogP contribution in [-0.4, -0.2) is 37.9 Å². The van der Waals surface area contributed by atoms with Crippen LogP contribution in [0.4, 0.5) is 0 Å². The maximum Gasteiger partial charge on any atom is 0.0657 e. The first-order chi connectivity index (χ1) is 11.0. The average Bonchev–Trinajstić information content (AvgIpc) is 2.91. The summed E-state index contributed by atoms with van der Waals surface area (Å²) in [5.41, 5.74) is 12.5. The minimum Gasteiger partial charge on any atom is -0.324 e. The van der Waals surface area contributed by atoms with Crippen molar-refractivity contribution in [2.45, 2.75) is 64.2 Å². The molecule has 0 aromatic heterocycles. The molecule has 124 valence electrons. The van der Waals surface area contributed by atoms with Crippen molar-refractivity contribution in [1.82, 2.24) is 4.90 Å². The van der Waals surface area contributed by atoms with Crippen LogP contribution in [0.15, 0.2) is 12.1 Å². The second-order valence-electron chi connectivity index (χ2n) is 8.01. The van der Waals surface area contributed by atoms with Crippen molar-refractivity contribution in [3.05, 3.63) is 34.4 Å². The molecule has 1 saturated heterocycles. The van der Waals surface area contributed by atoms with Crippen molar-refractivity contribution in [2.24, 2.45) is 11.7 Å². The molecule has 23 heavy (non-hydrogen) atoms. The molecular formula is C20H31BN2. The van der Waals surface area contributed by atoms with Crippen LogP contribution in [0.3, 0.4) is 0 Å². The van der Waals surface area contributed by atoms with E-state index in [-0.39, 0.29) is 5.54 Å². The molecule has 1 aromatic carbocycles. The molecule has 1 saturated carbocycles. The average molecular weight is 310 g/mol. The fourth-order valence-electron chi connectivity index (χ4n) is 4.51. The Hall–Kier alpha value is -0.795. The second kappa shape index (κ2) is 6.98. The van der Waals surface area contributed by atoms with Gasteiger partial charge in [0, 0.05) is 25.2 Å². The maximum atomic E-state index is 6.50. The number of rotatable bonds is 6. The van der Waals surface area contributed by atoms with E-state index in [1.165, 1.54) is 67.4 Å². The summed E-state index contributed by atoms with van der Waals surface area (Å²) in [6.07, 6.45) is 8.01. The molecular weight excluding hydrogens is 279 g/mol. The summed E-state index contributed by atoms with van der Waals surface area (Å²) < 4.78 is 0. The van der Waals surface area contributed by atoms with E-state index in [0.29, 0.717) is 0 Å². The van der Waals surface area contributed by atoms with Crippen LogP contribution in [0, 0.1) is 19.8 Å². The van der Waals surface area contributed by atoms with E-state index < -0.39 is 0 Å². The van der Waals surface area contributed by atoms with E-state index in [0.717, 1.165) is 25.2 Å². The van der Waals surface area contributed by atoms with Crippen molar-refractivity contribution in [3.63, 3.8) is 0 Å². The Morgan fingerprint density at radius 1 is 1.13 bits per heavy atom. The van der Waals surface area contributed by atoms with Crippen molar-refractivity contribution in [3.8, 4) is 0 Å². The first kappa shape index (κ1) is 17.0. The Kier molecular flexibility index (Phi) is 5.18. The Bertz CT molecular complexity index is 543. The van der Waals surface area contributed by atoms with Gasteiger partial charge in [0.2, 0.25) is 0 Å². The molecule has 3 rings (SSSR count). The predicted octanol–water partition coefficient (Wildman–Crippen LogP) is 3.18. The van der Waals surface area contributed by atoms with Crippen LogP contribution in [-0.2, 0) is 12.8 Å². The topological polar surface area (TPSA) is 29.3 Å². The molecule has 1 heterocycles. The zero-order valence-electron chi connectivity index (χ0n) is 14.9. The highest BCUT2D eigenvalue weighted by Crippen LogP contribution is 2.31. The number of likely N-dealkylation sites (tertiary alicyclic amines) is 1. The van der Waals surface area contributed by atoms with E-state index >= 15 is 0 Å². The summed E-state index contributed by atoms with van der Waals surface area (Å²) in [6.45, 7) is 8.07. The summed E-state index contributed by atoms with van der Waals surface area (Å²) in [5, 5.41) is 0. The second-order valence-corrected chi connectivity index (χ2v) is 8.01. The fourth-order valence-corrected chi connectivity index (χ4v) is 4.51.